The van der Waals surface area contributed by atoms with Gasteiger partial charge in [0.25, 0.3) is 0 Å². The Balaban J connectivity index is 0.00000180. The van der Waals surface area contributed by atoms with E-state index in [0.29, 0.717) is 24.4 Å². The lowest BCUT2D eigenvalue weighted by Crippen LogP contribution is -2.45. The highest BCUT2D eigenvalue weighted by molar-refractivity contribution is 5.85. The van der Waals surface area contributed by atoms with E-state index < -0.39 is 0 Å². The average Bonchev–Trinajstić information content (AvgIpc) is 2.87. The van der Waals surface area contributed by atoms with Gasteiger partial charge in [-0.05, 0) is 44.1 Å². The molecule has 112 valence electrons. The van der Waals surface area contributed by atoms with Gasteiger partial charge >= 0.3 is 0 Å². The number of carbonyl (C=O) groups is 1. The fraction of sp³-hybridized carbons (Fsp3) is 0.933. The van der Waals surface area contributed by atoms with Crippen LogP contribution in [0.5, 0.6) is 0 Å². The smallest absolute Gasteiger partial charge is 0.223 e. The number of hydrogen-bond donors (Lipinski definition) is 2. The monoisotopic (exact) mass is 288 g/mol. The van der Waals surface area contributed by atoms with Crippen LogP contribution in [-0.2, 0) is 4.79 Å². The maximum absolute atomic E-state index is 12.4. The van der Waals surface area contributed by atoms with Gasteiger partial charge in [0.2, 0.25) is 5.91 Å². The molecule has 2 aliphatic rings. The minimum Gasteiger partial charge on any atom is -0.353 e. The van der Waals surface area contributed by atoms with Gasteiger partial charge in [0, 0.05) is 12.0 Å². The molecule has 2 unspecified atom stereocenters. The number of rotatable bonds is 4. The average molecular weight is 289 g/mol. The van der Waals surface area contributed by atoms with Crippen LogP contribution in [0.15, 0.2) is 0 Å². The summed E-state index contributed by atoms with van der Waals surface area (Å²) in [5.74, 6) is 1.59. The summed E-state index contributed by atoms with van der Waals surface area (Å²) in [7, 11) is 0. The first-order valence-electron chi connectivity index (χ1n) is 7.76. The Morgan fingerprint density at radius 2 is 1.79 bits per heavy atom. The van der Waals surface area contributed by atoms with Crippen molar-refractivity contribution in [2.24, 2.45) is 23.5 Å². The van der Waals surface area contributed by atoms with Gasteiger partial charge in [-0.3, -0.25) is 4.79 Å². The Bertz CT molecular complexity index is 285. The Kier molecular flexibility index (Phi) is 7.16. The lowest BCUT2D eigenvalue weighted by Gasteiger charge is -2.33. The van der Waals surface area contributed by atoms with E-state index >= 15 is 0 Å². The summed E-state index contributed by atoms with van der Waals surface area (Å²) in [6.07, 6.45) is 9.59. The van der Waals surface area contributed by atoms with Crippen molar-refractivity contribution in [3.63, 3.8) is 0 Å². The first-order valence-corrected chi connectivity index (χ1v) is 7.76. The molecule has 0 aromatic carbocycles. The van der Waals surface area contributed by atoms with Gasteiger partial charge in [0.05, 0.1) is 0 Å². The highest BCUT2D eigenvalue weighted by atomic mass is 35.5. The second kappa shape index (κ2) is 8.11. The molecule has 2 rings (SSSR count). The van der Waals surface area contributed by atoms with Gasteiger partial charge in [0.15, 0.2) is 0 Å². The number of halogens is 1. The fourth-order valence-corrected chi connectivity index (χ4v) is 3.84. The molecule has 2 fully saturated rings. The summed E-state index contributed by atoms with van der Waals surface area (Å²) < 4.78 is 0. The molecule has 0 aromatic rings. The number of hydrogen-bond acceptors (Lipinski definition) is 2. The van der Waals surface area contributed by atoms with Crippen LogP contribution in [0, 0.1) is 17.8 Å². The Morgan fingerprint density at radius 3 is 2.47 bits per heavy atom. The number of nitrogens with two attached hydrogens (primary N) is 1. The zero-order valence-corrected chi connectivity index (χ0v) is 12.9. The molecule has 0 radical (unpaired) electrons. The number of nitrogens with one attached hydrogen (secondary N) is 1. The van der Waals surface area contributed by atoms with Crippen LogP contribution in [0.4, 0.5) is 0 Å². The summed E-state index contributed by atoms with van der Waals surface area (Å²) in [5.41, 5.74) is 5.77. The van der Waals surface area contributed by atoms with Crippen LogP contribution in [0.1, 0.15) is 58.3 Å². The normalized spacial score (nSPS) is 34.6. The standard InChI is InChI=1S/C15H28N2O.ClH/c1-2-11-6-3-4-9-14(11)17-15(18)13-8-5-7-12(13)10-16;/h11-14H,2-10,16H2,1H3,(H,17,18);1H/t11?,12-,13-,14?;/m1./s1. The molecule has 0 bridgehead atoms. The van der Waals surface area contributed by atoms with Gasteiger partial charge in [-0.25, -0.2) is 0 Å². The summed E-state index contributed by atoms with van der Waals surface area (Å²) in [5, 5.41) is 3.33. The van der Waals surface area contributed by atoms with Gasteiger partial charge in [0.1, 0.15) is 0 Å². The fourth-order valence-electron chi connectivity index (χ4n) is 3.84. The molecule has 0 aromatic heterocycles. The quantitative estimate of drug-likeness (QED) is 0.836. The Labute approximate surface area is 123 Å². The molecule has 2 saturated carbocycles. The maximum atomic E-state index is 12.4. The van der Waals surface area contributed by atoms with E-state index in [2.05, 4.69) is 12.2 Å². The van der Waals surface area contributed by atoms with Gasteiger partial charge < -0.3 is 11.1 Å². The molecule has 0 aliphatic heterocycles. The minimum atomic E-state index is 0. The van der Waals surface area contributed by atoms with Crippen LogP contribution in [0.25, 0.3) is 0 Å². The van der Waals surface area contributed by atoms with Crippen molar-refractivity contribution in [2.45, 2.75) is 64.3 Å². The van der Waals surface area contributed by atoms with E-state index in [0.717, 1.165) is 12.8 Å². The SMILES string of the molecule is CCC1CCCCC1NC(=O)[C@@H]1CCC[C@@H]1CN.Cl. The van der Waals surface area contributed by atoms with Crippen LogP contribution in [-0.4, -0.2) is 18.5 Å². The Hall–Kier alpha value is -0.280. The van der Waals surface area contributed by atoms with Crippen LogP contribution < -0.4 is 11.1 Å². The summed E-state index contributed by atoms with van der Waals surface area (Å²) in [4.78, 5) is 12.4. The second-order valence-corrected chi connectivity index (χ2v) is 6.10. The zero-order valence-electron chi connectivity index (χ0n) is 12.1. The molecule has 3 N–H and O–H groups in total. The van der Waals surface area contributed by atoms with E-state index in [1.165, 1.54) is 38.5 Å². The minimum absolute atomic E-state index is 0. The molecule has 4 heteroatoms. The first kappa shape index (κ1) is 16.8. The maximum Gasteiger partial charge on any atom is 0.223 e. The molecular formula is C15H29ClN2O. The van der Waals surface area contributed by atoms with Crippen molar-refractivity contribution in [3.05, 3.63) is 0 Å². The largest absolute Gasteiger partial charge is 0.353 e. The van der Waals surface area contributed by atoms with Gasteiger partial charge in [-0.15, -0.1) is 12.4 Å². The summed E-state index contributed by atoms with van der Waals surface area (Å²) in [6.45, 7) is 2.91. The molecule has 3 nitrogen and oxygen atoms in total. The molecule has 2 aliphatic carbocycles. The third-order valence-corrected chi connectivity index (χ3v) is 5.06. The molecule has 19 heavy (non-hydrogen) atoms. The van der Waals surface area contributed by atoms with E-state index in [4.69, 9.17) is 5.73 Å². The second-order valence-electron chi connectivity index (χ2n) is 6.10. The van der Waals surface area contributed by atoms with E-state index in [9.17, 15) is 4.79 Å². The lowest BCUT2D eigenvalue weighted by atomic mass is 9.82. The van der Waals surface area contributed by atoms with Crippen LogP contribution in [0.3, 0.4) is 0 Å². The van der Waals surface area contributed by atoms with Crippen LogP contribution in [0.2, 0.25) is 0 Å². The molecule has 0 saturated heterocycles. The third-order valence-electron chi connectivity index (χ3n) is 5.06. The Morgan fingerprint density at radius 1 is 1.11 bits per heavy atom. The molecule has 1 amide bonds. The van der Waals surface area contributed by atoms with Crippen molar-refractivity contribution in [2.75, 3.05) is 6.54 Å². The highest BCUT2D eigenvalue weighted by Crippen LogP contribution is 2.32. The molecule has 0 heterocycles. The van der Waals surface area contributed by atoms with E-state index in [1.807, 2.05) is 0 Å². The topological polar surface area (TPSA) is 55.1 Å². The lowest BCUT2D eigenvalue weighted by molar-refractivity contribution is -0.127. The highest BCUT2D eigenvalue weighted by Gasteiger charge is 2.34. The van der Waals surface area contributed by atoms with E-state index in [-0.39, 0.29) is 24.2 Å². The van der Waals surface area contributed by atoms with Crippen molar-refractivity contribution < 1.29 is 4.79 Å². The first-order chi connectivity index (χ1) is 8.76. The zero-order chi connectivity index (χ0) is 13.0. The molecule has 0 spiro atoms. The summed E-state index contributed by atoms with van der Waals surface area (Å²) in [6, 6.07) is 0.426. The molecular weight excluding hydrogens is 260 g/mol. The van der Waals surface area contributed by atoms with E-state index in [1.54, 1.807) is 0 Å². The predicted octanol–water partition coefficient (Wildman–Crippen LogP) is 2.87. The van der Waals surface area contributed by atoms with Gasteiger partial charge in [-0.1, -0.05) is 32.6 Å². The molecule has 4 atom stereocenters. The van der Waals surface area contributed by atoms with Crippen molar-refractivity contribution >= 4 is 18.3 Å². The number of carbonyl (C=O) groups excluding carboxylic acids is 1. The van der Waals surface area contributed by atoms with Gasteiger partial charge in [-0.2, -0.15) is 0 Å². The van der Waals surface area contributed by atoms with Crippen molar-refractivity contribution in [3.8, 4) is 0 Å². The van der Waals surface area contributed by atoms with Crippen molar-refractivity contribution in [1.82, 2.24) is 5.32 Å². The summed E-state index contributed by atoms with van der Waals surface area (Å²) >= 11 is 0. The predicted molar refractivity (Wildman–Crippen MR) is 81.3 cm³/mol. The number of amides is 1. The van der Waals surface area contributed by atoms with Crippen LogP contribution >= 0.6 is 12.4 Å². The van der Waals surface area contributed by atoms with Crippen molar-refractivity contribution in [1.29, 1.82) is 0 Å². The third kappa shape index (κ3) is 4.09.